The van der Waals surface area contributed by atoms with Crippen LogP contribution >= 0.6 is 0 Å². The summed E-state index contributed by atoms with van der Waals surface area (Å²) in [6.45, 7) is 7.85. The number of carbonyl (C=O) groups is 2. The van der Waals surface area contributed by atoms with Crippen molar-refractivity contribution < 1.29 is 9.59 Å². The summed E-state index contributed by atoms with van der Waals surface area (Å²) in [5.41, 5.74) is 8.12. The molecule has 6 aromatic carbocycles. The Bertz CT molecular complexity index is 2190. The molecule has 2 nitrogen and oxygen atoms in total. The third-order valence-electron chi connectivity index (χ3n) is 9.64. The number of rotatable bonds is 0. The molecule has 0 saturated heterocycles. The Morgan fingerprint density at radius 1 is 0.381 bits per heavy atom. The van der Waals surface area contributed by atoms with Gasteiger partial charge in [-0.15, -0.1) is 0 Å². The lowest BCUT2D eigenvalue weighted by atomic mass is 9.71. The van der Waals surface area contributed by atoms with Crippen molar-refractivity contribution in [2.45, 2.75) is 27.7 Å². The van der Waals surface area contributed by atoms with Crippen molar-refractivity contribution in [3.05, 3.63) is 130 Å². The number of benzene rings is 6. The second-order valence-corrected chi connectivity index (χ2v) is 11.7. The molecular weight excluding hydrogens is 512 g/mol. The first-order valence-corrected chi connectivity index (χ1v) is 14.5. The molecule has 0 amide bonds. The van der Waals surface area contributed by atoms with Crippen LogP contribution in [0.2, 0.25) is 0 Å². The summed E-state index contributed by atoms with van der Waals surface area (Å²) in [7, 11) is 0. The van der Waals surface area contributed by atoms with Crippen molar-refractivity contribution in [3.63, 3.8) is 0 Å². The van der Waals surface area contributed by atoms with Gasteiger partial charge in [0.15, 0.2) is 11.6 Å². The average Bonchev–Trinajstić information content (AvgIpc) is 3.03. The second kappa shape index (κ2) is 8.71. The topological polar surface area (TPSA) is 34.1 Å². The zero-order valence-corrected chi connectivity index (χ0v) is 24.1. The van der Waals surface area contributed by atoms with Gasteiger partial charge in [0.25, 0.3) is 0 Å². The van der Waals surface area contributed by atoms with Gasteiger partial charge in [-0.25, -0.2) is 0 Å². The van der Waals surface area contributed by atoms with Crippen LogP contribution in [0.4, 0.5) is 0 Å². The van der Waals surface area contributed by atoms with Crippen molar-refractivity contribution >= 4 is 76.9 Å². The molecule has 42 heavy (non-hydrogen) atoms. The van der Waals surface area contributed by atoms with Gasteiger partial charge in [0.1, 0.15) is 0 Å². The number of hydrogen-bond acceptors (Lipinski definition) is 2. The highest BCUT2D eigenvalue weighted by atomic mass is 16.1. The van der Waals surface area contributed by atoms with Crippen LogP contribution < -0.4 is 0 Å². The normalized spacial score (nSPS) is 17.1. The van der Waals surface area contributed by atoms with Crippen molar-refractivity contribution in [1.82, 2.24) is 0 Å². The molecule has 2 aliphatic rings. The minimum atomic E-state index is -0.0701. The lowest BCUT2D eigenvalue weighted by Gasteiger charge is -2.30. The molecule has 0 bridgehead atoms. The summed E-state index contributed by atoms with van der Waals surface area (Å²) >= 11 is 0. The monoisotopic (exact) mass is 540 g/mol. The molecule has 0 spiro atoms. The van der Waals surface area contributed by atoms with Gasteiger partial charge in [0.05, 0.1) is 0 Å². The standard InChI is InChI=1S/C40H28O2/c1-21-23(3)39(41)37(35-29(21)19-17-27-15-13-25-9-5-7-11-31(25)33(27)35)38-36-30(22(2)24(4)40(38)42)20-18-28-16-14-26-10-6-8-12-32(26)34(28)36/h5-20H,1-4H3/b38-37+. The maximum absolute atomic E-state index is 14.6. The molecule has 0 aliphatic heterocycles. The Balaban J connectivity index is 1.66. The predicted octanol–water partition coefficient (Wildman–Crippen LogP) is 9.96. The van der Waals surface area contributed by atoms with Crippen LogP contribution in [0.1, 0.15) is 49.9 Å². The highest BCUT2D eigenvalue weighted by Crippen LogP contribution is 2.50. The van der Waals surface area contributed by atoms with E-state index < -0.39 is 0 Å². The molecule has 0 radical (unpaired) electrons. The predicted molar refractivity (Wildman–Crippen MR) is 176 cm³/mol. The Hall–Kier alpha value is -5.08. The molecule has 0 atom stereocenters. The van der Waals surface area contributed by atoms with Crippen molar-refractivity contribution in [2.24, 2.45) is 0 Å². The van der Waals surface area contributed by atoms with E-state index in [1.165, 1.54) is 0 Å². The Kier molecular flexibility index (Phi) is 5.12. The molecular formula is C40H28O2. The molecule has 0 fully saturated rings. The van der Waals surface area contributed by atoms with Gasteiger partial charge in [-0.2, -0.15) is 0 Å². The van der Waals surface area contributed by atoms with E-state index in [1.54, 1.807) is 0 Å². The van der Waals surface area contributed by atoms with E-state index in [0.717, 1.165) is 76.5 Å². The molecule has 6 aromatic rings. The van der Waals surface area contributed by atoms with Crippen LogP contribution in [0.15, 0.2) is 108 Å². The molecule has 2 aliphatic carbocycles. The minimum Gasteiger partial charge on any atom is -0.289 e. The first-order chi connectivity index (χ1) is 20.4. The summed E-state index contributed by atoms with van der Waals surface area (Å²) < 4.78 is 0. The minimum absolute atomic E-state index is 0.0701. The quantitative estimate of drug-likeness (QED) is 0.142. The Labute approximate surface area is 244 Å². The first-order valence-electron chi connectivity index (χ1n) is 14.5. The molecule has 2 heteroatoms. The van der Waals surface area contributed by atoms with E-state index in [4.69, 9.17) is 0 Å². The maximum Gasteiger partial charge on any atom is 0.190 e. The fourth-order valence-corrected chi connectivity index (χ4v) is 7.16. The lowest BCUT2D eigenvalue weighted by molar-refractivity contribution is -0.112. The number of hydrogen-bond donors (Lipinski definition) is 0. The van der Waals surface area contributed by atoms with Gasteiger partial charge in [0.2, 0.25) is 0 Å². The Morgan fingerprint density at radius 3 is 1.17 bits per heavy atom. The number of fused-ring (bicyclic) bond motifs is 10. The lowest BCUT2D eigenvalue weighted by Crippen LogP contribution is -2.21. The van der Waals surface area contributed by atoms with Crippen molar-refractivity contribution in [1.29, 1.82) is 0 Å². The molecule has 8 rings (SSSR count). The smallest absolute Gasteiger partial charge is 0.190 e. The zero-order valence-electron chi connectivity index (χ0n) is 24.1. The van der Waals surface area contributed by atoms with Crippen LogP contribution in [-0.4, -0.2) is 11.6 Å². The molecule has 0 N–H and O–H groups in total. The van der Waals surface area contributed by atoms with Gasteiger partial charge in [-0.3, -0.25) is 9.59 Å². The molecule has 0 heterocycles. The zero-order chi connectivity index (χ0) is 28.9. The van der Waals surface area contributed by atoms with Gasteiger partial charge in [0, 0.05) is 33.4 Å². The second-order valence-electron chi connectivity index (χ2n) is 11.7. The summed E-state index contributed by atoms with van der Waals surface area (Å²) in [5.74, 6) is -0.140. The third kappa shape index (κ3) is 3.15. The Morgan fingerprint density at radius 2 is 0.738 bits per heavy atom. The SMILES string of the molecule is CC1=C(C)c2ccc3ccc4ccccc4c3c2/C(=C2\C(=O)C(C)=C(C)c3ccc4ccc5ccccc5c4c32)C1=O. The van der Waals surface area contributed by atoms with Crippen molar-refractivity contribution in [2.75, 3.05) is 0 Å². The third-order valence-corrected chi connectivity index (χ3v) is 9.64. The van der Waals surface area contributed by atoms with E-state index >= 15 is 0 Å². The van der Waals surface area contributed by atoms with Gasteiger partial charge >= 0.3 is 0 Å². The summed E-state index contributed by atoms with van der Waals surface area (Å²) in [4.78, 5) is 29.3. The fraction of sp³-hybridized carbons (Fsp3) is 0.100. The highest BCUT2D eigenvalue weighted by Gasteiger charge is 2.37. The van der Waals surface area contributed by atoms with Crippen LogP contribution in [0, 0.1) is 0 Å². The van der Waals surface area contributed by atoms with Gasteiger partial charge < -0.3 is 0 Å². The van der Waals surface area contributed by atoms with Crippen LogP contribution in [0.25, 0.3) is 65.4 Å². The van der Waals surface area contributed by atoms with E-state index in [9.17, 15) is 9.59 Å². The van der Waals surface area contributed by atoms with Crippen LogP contribution in [-0.2, 0) is 9.59 Å². The van der Waals surface area contributed by atoms with E-state index in [-0.39, 0.29) is 11.6 Å². The summed E-state index contributed by atoms with van der Waals surface area (Å²) in [6.07, 6.45) is 0. The van der Waals surface area contributed by atoms with Crippen molar-refractivity contribution in [3.8, 4) is 0 Å². The molecule has 0 saturated carbocycles. The van der Waals surface area contributed by atoms with E-state index in [1.807, 2.05) is 52.0 Å². The number of carbonyl (C=O) groups excluding carboxylic acids is 2. The maximum atomic E-state index is 14.6. The van der Waals surface area contributed by atoms with Gasteiger partial charge in [-0.1, -0.05) is 97.1 Å². The molecule has 200 valence electrons. The average molecular weight is 541 g/mol. The number of ketones is 2. The highest BCUT2D eigenvalue weighted by molar-refractivity contribution is 6.52. The number of allylic oxidation sites excluding steroid dienone is 6. The fourth-order valence-electron chi connectivity index (χ4n) is 7.16. The first kappa shape index (κ1) is 24.7. The molecule has 0 aromatic heterocycles. The molecule has 0 unspecified atom stereocenters. The largest absolute Gasteiger partial charge is 0.289 e. The van der Waals surface area contributed by atoms with Crippen LogP contribution in [0.3, 0.4) is 0 Å². The number of Topliss-reactive ketones (excluding diaryl/α,β-unsaturated/α-hetero) is 2. The van der Waals surface area contributed by atoms with E-state index in [0.29, 0.717) is 22.3 Å². The van der Waals surface area contributed by atoms with Crippen LogP contribution in [0.5, 0.6) is 0 Å². The van der Waals surface area contributed by atoms with Gasteiger partial charge in [-0.05, 0) is 93.1 Å². The summed E-state index contributed by atoms with van der Waals surface area (Å²) in [5, 5.41) is 8.55. The summed E-state index contributed by atoms with van der Waals surface area (Å²) in [6, 6.07) is 33.7. The van der Waals surface area contributed by atoms with E-state index in [2.05, 4.69) is 72.8 Å².